The summed E-state index contributed by atoms with van der Waals surface area (Å²) < 4.78 is 0. The number of hydrogen-bond acceptors (Lipinski definition) is 1. The number of pyridine rings is 1. The van der Waals surface area contributed by atoms with E-state index in [0.717, 1.165) is 16.4 Å². The van der Waals surface area contributed by atoms with Gasteiger partial charge in [0, 0.05) is 0 Å². The van der Waals surface area contributed by atoms with E-state index < -0.39 is 0 Å². The summed E-state index contributed by atoms with van der Waals surface area (Å²) in [6.07, 6.45) is 0. The molecule has 0 fully saturated rings. The third kappa shape index (κ3) is 1.42. The first-order valence-electron chi connectivity index (χ1n) is 5.24. The van der Waals surface area contributed by atoms with Crippen LogP contribution in [-0.4, -0.2) is 21.0 Å². The Morgan fingerprint density at radius 1 is 0.812 bits per heavy atom. The number of hydrogen-bond donors (Lipinski definition) is 0. The van der Waals surface area contributed by atoms with Crippen LogP contribution < -0.4 is 0 Å². The fourth-order valence-electron chi connectivity index (χ4n) is 2.08. The van der Waals surface area contributed by atoms with Gasteiger partial charge in [0.2, 0.25) is 0 Å². The fourth-order valence-corrected chi connectivity index (χ4v) is 2.74. The van der Waals surface area contributed by atoms with Crippen LogP contribution in [0.1, 0.15) is 5.56 Å². The molecule has 0 spiro atoms. The molecule has 0 bridgehead atoms. The zero-order chi connectivity index (χ0) is 11.0. The first kappa shape index (κ1) is 9.83. The molecule has 77 valence electrons. The molecule has 16 heavy (non-hydrogen) atoms. The van der Waals surface area contributed by atoms with E-state index in [9.17, 15) is 0 Å². The topological polar surface area (TPSA) is 12.9 Å². The predicted molar refractivity (Wildman–Crippen MR) is 68.7 cm³/mol. The van der Waals surface area contributed by atoms with Gasteiger partial charge >= 0.3 is 102 Å². The minimum absolute atomic E-state index is 0.920. The van der Waals surface area contributed by atoms with Crippen LogP contribution in [0.3, 0.4) is 0 Å². The minimum atomic E-state index is 0.920. The Kier molecular flexibility index (Phi) is 2.39. The van der Waals surface area contributed by atoms with Gasteiger partial charge in [-0.3, -0.25) is 0 Å². The number of aromatic nitrogens is 1. The van der Waals surface area contributed by atoms with Crippen LogP contribution in [0.25, 0.3) is 21.8 Å². The van der Waals surface area contributed by atoms with Crippen molar-refractivity contribution in [2.75, 3.05) is 0 Å². The molecule has 1 nitrogen and oxygen atoms in total. The molecule has 0 aliphatic heterocycles. The fraction of sp³-hybridized carbons (Fsp3) is 0.0714. The molecule has 3 rings (SSSR count). The summed E-state index contributed by atoms with van der Waals surface area (Å²) >= 11 is 3.12. The Balaban J connectivity index is 2.56. The Bertz CT molecular complexity index is 607. The number of benzene rings is 2. The van der Waals surface area contributed by atoms with E-state index in [1.54, 1.807) is 0 Å². The average Bonchev–Trinajstić information content (AvgIpc) is 2.36. The van der Waals surface area contributed by atoms with E-state index in [2.05, 4.69) is 57.4 Å². The molecular formula is C14H10NSe. The Morgan fingerprint density at radius 3 is 1.81 bits per heavy atom. The van der Waals surface area contributed by atoms with Gasteiger partial charge < -0.3 is 0 Å². The Labute approximate surface area is 102 Å². The van der Waals surface area contributed by atoms with Crippen molar-refractivity contribution >= 4 is 37.8 Å². The molecule has 0 atom stereocenters. The molecule has 0 saturated carbocycles. The molecule has 0 amide bonds. The summed E-state index contributed by atoms with van der Waals surface area (Å²) in [5, 5.41) is 3.42. The van der Waals surface area contributed by atoms with Crippen LogP contribution in [0.2, 0.25) is 0 Å². The standard InChI is InChI=1S/C14H10NSe/c16-9-12-10-5-1-3-7-13(10)15-14-8-4-2-6-11(12)14/h1-8H,9H2. The van der Waals surface area contributed by atoms with Crippen LogP contribution in [0, 0.1) is 0 Å². The number of rotatable bonds is 1. The maximum atomic E-state index is 4.67. The first-order valence-corrected chi connectivity index (χ1v) is 6.46. The molecule has 0 saturated heterocycles. The van der Waals surface area contributed by atoms with Gasteiger partial charge in [-0.15, -0.1) is 0 Å². The molecule has 0 N–H and O–H groups in total. The van der Waals surface area contributed by atoms with E-state index in [4.69, 9.17) is 0 Å². The number of fused-ring (bicyclic) bond motifs is 2. The van der Waals surface area contributed by atoms with Crippen molar-refractivity contribution in [3.05, 3.63) is 54.1 Å². The van der Waals surface area contributed by atoms with Crippen molar-refractivity contribution in [3.63, 3.8) is 0 Å². The summed E-state index contributed by atoms with van der Waals surface area (Å²) in [6.45, 7) is 0. The number of para-hydroxylation sites is 2. The van der Waals surface area contributed by atoms with Gasteiger partial charge in [0.05, 0.1) is 0 Å². The second kappa shape index (κ2) is 3.89. The molecular weight excluding hydrogens is 261 g/mol. The SMILES string of the molecule is [Se]Cc1c2ccccc2nc2ccccc12. The molecule has 0 aliphatic carbocycles. The van der Waals surface area contributed by atoms with Gasteiger partial charge in [0.25, 0.3) is 0 Å². The van der Waals surface area contributed by atoms with Crippen LogP contribution in [0.15, 0.2) is 48.5 Å². The summed E-state index contributed by atoms with van der Waals surface area (Å²) in [5.74, 6) is 0. The molecule has 0 aliphatic rings. The van der Waals surface area contributed by atoms with Crippen molar-refractivity contribution in [1.29, 1.82) is 0 Å². The summed E-state index contributed by atoms with van der Waals surface area (Å²) in [4.78, 5) is 4.67. The van der Waals surface area contributed by atoms with Gasteiger partial charge in [-0.2, -0.15) is 0 Å². The summed E-state index contributed by atoms with van der Waals surface area (Å²) in [5.41, 5.74) is 3.50. The summed E-state index contributed by atoms with van der Waals surface area (Å²) in [6, 6.07) is 16.6. The molecule has 3 aromatic rings. The first-order chi connectivity index (χ1) is 7.90. The van der Waals surface area contributed by atoms with Crippen molar-refractivity contribution in [2.45, 2.75) is 5.32 Å². The molecule has 0 unspecified atom stereocenters. The van der Waals surface area contributed by atoms with Crippen molar-refractivity contribution in [1.82, 2.24) is 4.98 Å². The zero-order valence-corrected chi connectivity index (χ0v) is 10.4. The second-order valence-corrected chi connectivity index (χ2v) is 4.37. The molecule has 1 radical (unpaired) electrons. The predicted octanol–water partition coefficient (Wildman–Crippen LogP) is 3.06. The third-order valence-electron chi connectivity index (χ3n) is 2.84. The number of nitrogens with zero attached hydrogens (tertiary/aromatic N) is 1. The average molecular weight is 271 g/mol. The van der Waals surface area contributed by atoms with Crippen LogP contribution in [0.5, 0.6) is 0 Å². The normalized spacial score (nSPS) is 11.1. The van der Waals surface area contributed by atoms with Crippen molar-refractivity contribution in [2.24, 2.45) is 0 Å². The van der Waals surface area contributed by atoms with Gasteiger partial charge in [0.15, 0.2) is 0 Å². The third-order valence-corrected chi connectivity index (χ3v) is 3.45. The van der Waals surface area contributed by atoms with Crippen molar-refractivity contribution in [3.8, 4) is 0 Å². The van der Waals surface area contributed by atoms with Crippen LogP contribution >= 0.6 is 0 Å². The molecule has 1 aromatic heterocycles. The van der Waals surface area contributed by atoms with Gasteiger partial charge in [-0.05, 0) is 0 Å². The molecule has 1 heterocycles. The van der Waals surface area contributed by atoms with Crippen LogP contribution in [0.4, 0.5) is 0 Å². The quantitative estimate of drug-likeness (QED) is 0.489. The maximum absolute atomic E-state index is 4.67. The van der Waals surface area contributed by atoms with E-state index in [1.807, 2.05) is 12.1 Å². The second-order valence-electron chi connectivity index (χ2n) is 3.77. The van der Waals surface area contributed by atoms with E-state index in [1.165, 1.54) is 16.3 Å². The van der Waals surface area contributed by atoms with E-state index in [-0.39, 0.29) is 0 Å². The summed E-state index contributed by atoms with van der Waals surface area (Å²) in [7, 11) is 0. The molecule has 2 aromatic carbocycles. The monoisotopic (exact) mass is 272 g/mol. The van der Waals surface area contributed by atoms with Gasteiger partial charge in [-0.25, -0.2) is 0 Å². The van der Waals surface area contributed by atoms with Crippen molar-refractivity contribution < 1.29 is 0 Å². The Hall–Kier alpha value is -1.37. The van der Waals surface area contributed by atoms with Gasteiger partial charge in [0.1, 0.15) is 0 Å². The van der Waals surface area contributed by atoms with E-state index in [0.29, 0.717) is 0 Å². The van der Waals surface area contributed by atoms with Crippen LogP contribution in [-0.2, 0) is 5.32 Å². The van der Waals surface area contributed by atoms with E-state index >= 15 is 0 Å². The zero-order valence-electron chi connectivity index (χ0n) is 8.68. The molecule has 2 heteroatoms. The Morgan fingerprint density at radius 2 is 1.31 bits per heavy atom. The van der Waals surface area contributed by atoms with Gasteiger partial charge in [-0.1, -0.05) is 0 Å².